The van der Waals surface area contributed by atoms with Crippen LogP contribution in [0.5, 0.6) is 0 Å². The molecule has 0 heterocycles. The molecule has 0 aliphatic carbocycles. The number of sulfonamides is 1. The summed E-state index contributed by atoms with van der Waals surface area (Å²) in [5.74, 6) is 0.146. The van der Waals surface area contributed by atoms with Gasteiger partial charge >= 0.3 is 0 Å². The number of hydrogen-bond donors (Lipinski definition) is 2. The highest BCUT2D eigenvalue weighted by molar-refractivity contribution is 7.92. The minimum Gasteiger partial charge on any atom is -0.314 e. The van der Waals surface area contributed by atoms with Gasteiger partial charge in [-0.2, -0.15) is 0 Å². The molecule has 20 heavy (non-hydrogen) atoms. The summed E-state index contributed by atoms with van der Waals surface area (Å²) in [4.78, 5) is 0. The molecule has 0 aromatic heterocycles. The lowest BCUT2D eigenvalue weighted by Gasteiger charge is -2.13. The minimum atomic E-state index is -3.26. The van der Waals surface area contributed by atoms with E-state index in [4.69, 9.17) is 0 Å². The van der Waals surface area contributed by atoms with Crippen LogP contribution in [-0.4, -0.2) is 26.8 Å². The summed E-state index contributed by atoms with van der Waals surface area (Å²) < 4.78 is 26.8. The van der Waals surface area contributed by atoms with Gasteiger partial charge in [0, 0.05) is 6.04 Å². The first-order valence-corrected chi connectivity index (χ1v) is 8.91. The summed E-state index contributed by atoms with van der Waals surface area (Å²) in [6.45, 7) is 6.90. The van der Waals surface area contributed by atoms with Crippen molar-refractivity contribution in [2.24, 2.45) is 0 Å². The maximum Gasteiger partial charge on any atom is 0.232 e. The molecule has 0 amide bonds. The van der Waals surface area contributed by atoms with Gasteiger partial charge in [0.25, 0.3) is 0 Å². The predicted octanol–water partition coefficient (Wildman–Crippen LogP) is 2.77. The van der Waals surface area contributed by atoms with Crippen LogP contribution in [0.25, 0.3) is 0 Å². The van der Waals surface area contributed by atoms with Crippen molar-refractivity contribution >= 4 is 15.7 Å². The van der Waals surface area contributed by atoms with Crippen molar-refractivity contribution in [1.29, 1.82) is 0 Å². The van der Waals surface area contributed by atoms with E-state index in [1.54, 1.807) is 0 Å². The van der Waals surface area contributed by atoms with Crippen LogP contribution in [0.15, 0.2) is 24.3 Å². The average molecular weight is 298 g/mol. The van der Waals surface area contributed by atoms with Crippen LogP contribution in [-0.2, 0) is 16.4 Å². The van der Waals surface area contributed by atoms with E-state index in [1.807, 2.05) is 38.1 Å². The molecule has 5 heteroatoms. The van der Waals surface area contributed by atoms with Crippen molar-refractivity contribution < 1.29 is 8.42 Å². The quantitative estimate of drug-likeness (QED) is 0.689. The van der Waals surface area contributed by atoms with Crippen LogP contribution in [0.4, 0.5) is 5.69 Å². The van der Waals surface area contributed by atoms with Crippen molar-refractivity contribution in [2.75, 3.05) is 17.0 Å². The molecule has 0 spiro atoms. The lowest BCUT2D eigenvalue weighted by atomic mass is 10.1. The van der Waals surface area contributed by atoms with Crippen molar-refractivity contribution in [2.45, 2.75) is 46.1 Å². The molecule has 0 bridgehead atoms. The van der Waals surface area contributed by atoms with Crippen LogP contribution in [0, 0.1) is 0 Å². The van der Waals surface area contributed by atoms with Crippen LogP contribution in [0.3, 0.4) is 0 Å². The Labute approximate surface area is 123 Å². The number of para-hydroxylation sites is 1. The highest BCUT2D eigenvalue weighted by atomic mass is 32.2. The fraction of sp³-hybridized carbons (Fsp3) is 0.600. The zero-order chi connectivity index (χ0) is 15.0. The Morgan fingerprint density at radius 3 is 2.55 bits per heavy atom. The Bertz CT molecular complexity index is 498. The lowest BCUT2D eigenvalue weighted by molar-refractivity contribution is 0.571. The van der Waals surface area contributed by atoms with Crippen molar-refractivity contribution in [3.63, 3.8) is 0 Å². The summed E-state index contributed by atoms with van der Waals surface area (Å²) in [5.41, 5.74) is 1.77. The topological polar surface area (TPSA) is 58.2 Å². The molecule has 0 unspecified atom stereocenters. The summed E-state index contributed by atoms with van der Waals surface area (Å²) in [7, 11) is -3.26. The SMILES string of the molecule is CCCc1ccccc1NS(=O)(=O)CCCNC(C)C. The summed E-state index contributed by atoms with van der Waals surface area (Å²) in [6.07, 6.45) is 2.49. The van der Waals surface area contributed by atoms with E-state index in [0.29, 0.717) is 18.2 Å². The van der Waals surface area contributed by atoms with Gasteiger partial charge in [-0.15, -0.1) is 0 Å². The van der Waals surface area contributed by atoms with Crippen molar-refractivity contribution in [1.82, 2.24) is 5.32 Å². The standard InChI is InChI=1S/C15H26N2O2S/c1-4-8-14-9-5-6-10-15(14)17-20(18,19)12-7-11-16-13(2)3/h5-6,9-10,13,16-17H,4,7-8,11-12H2,1-3H3. The first kappa shape index (κ1) is 17.0. The van der Waals surface area contributed by atoms with Gasteiger partial charge in [-0.25, -0.2) is 8.42 Å². The second-order valence-corrected chi connectivity index (χ2v) is 7.13. The van der Waals surface area contributed by atoms with Crippen molar-refractivity contribution in [3.05, 3.63) is 29.8 Å². The third-order valence-electron chi connectivity index (χ3n) is 2.94. The van der Waals surface area contributed by atoms with Crippen molar-refractivity contribution in [3.8, 4) is 0 Å². The summed E-state index contributed by atoms with van der Waals surface area (Å²) in [5, 5.41) is 3.22. The molecule has 0 aliphatic rings. The van der Waals surface area contributed by atoms with Gasteiger partial charge in [0.1, 0.15) is 0 Å². The molecule has 0 aliphatic heterocycles. The molecule has 2 N–H and O–H groups in total. The molecular formula is C15H26N2O2S. The Kier molecular flexibility index (Phi) is 7.02. The molecular weight excluding hydrogens is 272 g/mol. The first-order chi connectivity index (χ1) is 9.44. The Morgan fingerprint density at radius 2 is 1.90 bits per heavy atom. The highest BCUT2D eigenvalue weighted by Gasteiger charge is 2.12. The number of anilines is 1. The van der Waals surface area contributed by atoms with Crippen LogP contribution < -0.4 is 10.0 Å². The number of nitrogens with one attached hydrogen (secondary N) is 2. The number of benzene rings is 1. The molecule has 1 rings (SSSR count). The maximum atomic E-state index is 12.1. The molecule has 114 valence electrons. The predicted molar refractivity (Wildman–Crippen MR) is 85.6 cm³/mol. The van der Waals surface area contributed by atoms with Gasteiger partial charge in [0.2, 0.25) is 10.0 Å². The molecule has 0 fully saturated rings. The molecule has 1 aromatic carbocycles. The summed E-state index contributed by atoms with van der Waals surface area (Å²) >= 11 is 0. The molecule has 0 saturated carbocycles. The molecule has 1 aromatic rings. The fourth-order valence-electron chi connectivity index (χ4n) is 1.98. The third kappa shape index (κ3) is 6.39. The van der Waals surface area contributed by atoms with E-state index in [2.05, 4.69) is 17.0 Å². The number of hydrogen-bond acceptors (Lipinski definition) is 3. The Morgan fingerprint density at radius 1 is 1.20 bits per heavy atom. The van der Waals surface area contributed by atoms with E-state index >= 15 is 0 Å². The fourth-order valence-corrected chi connectivity index (χ4v) is 3.14. The number of rotatable bonds is 9. The Hall–Kier alpha value is -1.07. The van der Waals surface area contributed by atoms with Crippen LogP contribution in [0.2, 0.25) is 0 Å². The van der Waals surface area contributed by atoms with Gasteiger partial charge in [-0.3, -0.25) is 4.72 Å². The summed E-state index contributed by atoms with van der Waals surface area (Å²) in [6, 6.07) is 7.99. The van der Waals surface area contributed by atoms with E-state index in [0.717, 1.165) is 24.9 Å². The van der Waals surface area contributed by atoms with Crippen LogP contribution in [0.1, 0.15) is 39.2 Å². The minimum absolute atomic E-state index is 0.146. The second-order valence-electron chi connectivity index (χ2n) is 5.29. The zero-order valence-corrected chi connectivity index (χ0v) is 13.5. The largest absolute Gasteiger partial charge is 0.314 e. The molecule has 0 saturated heterocycles. The van der Waals surface area contributed by atoms with E-state index in [-0.39, 0.29) is 5.75 Å². The smallest absolute Gasteiger partial charge is 0.232 e. The second kappa shape index (κ2) is 8.27. The van der Waals surface area contributed by atoms with Gasteiger partial charge in [-0.1, -0.05) is 45.4 Å². The third-order valence-corrected chi connectivity index (χ3v) is 4.30. The molecule has 4 nitrogen and oxygen atoms in total. The first-order valence-electron chi connectivity index (χ1n) is 7.26. The highest BCUT2D eigenvalue weighted by Crippen LogP contribution is 2.18. The van der Waals surface area contributed by atoms with E-state index < -0.39 is 10.0 Å². The van der Waals surface area contributed by atoms with Gasteiger partial charge < -0.3 is 5.32 Å². The van der Waals surface area contributed by atoms with Gasteiger partial charge in [-0.05, 0) is 31.0 Å². The van der Waals surface area contributed by atoms with E-state index in [1.165, 1.54) is 0 Å². The molecule has 0 atom stereocenters. The molecule has 0 radical (unpaired) electrons. The van der Waals surface area contributed by atoms with Crippen LogP contribution >= 0.6 is 0 Å². The van der Waals surface area contributed by atoms with Gasteiger partial charge in [0.15, 0.2) is 0 Å². The maximum absolute atomic E-state index is 12.1. The van der Waals surface area contributed by atoms with E-state index in [9.17, 15) is 8.42 Å². The Balaban J connectivity index is 2.57. The number of aryl methyl sites for hydroxylation is 1. The monoisotopic (exact) mass is 298 g/mol. The normalized spacial score (nSPS) is 11.8. The van der Waals surface area contributed by atoms with Gasteiger partial charge in [0.05, 0.1) is 11.4 Å². The zero-order valence-electron chi connectivity index (χ0n) is 12.6. The average Bonchev–Trinajstić information content (AvgIpc) is 2.37. The lowest BCUT2D eigenvalue weighted by Crippen LogP contribution is -2.26.